The van der Waals surface area contributed by atoms with E-state index in [1.807, 2.05) is 19.1 Å². The molecule has 3 rings (SSSR count). The maximum absolute atomic E-state index is 12.3. The predicted octanol–water partition coefficient (Wildman–Crippen LogP) is 3.89. The molecule has 1 aliphatic rings. The van der Waals surface area contributed by atoms with Gasteiger partial charge in [-0.25, -0.2) is 9.97 Å². The van der Waals surface area contributed by atoms with E-state index in [1.54, 1.807) is 18.3 Å². The van der Waals surface area contributed by atoms with Crippen LogP contribution in [-0.2, 0) is 4.79 Å². The van der Waals surface area contributed by atoms with Crippen molar-refractivity contribution in [1.29, 1.82) is 5.26 Å². The van der Waals surface area contributed by atoms with E-state index in [-0.39, 0.29) is 17.5 Å². The number of nitrogens with zero attached hydrogens (tertiary/aromatic N) is 3. The molecule has 0 unspecified atom stereocenters. The predicted molar refractivity (Wildman–Crippen MR) is 98.2 cm³/mol. The van der Waals surface area contributed by atoms with Crippen molar-refractivity contribution in [3.8, 4) is 6.07 Å². The Balaban J connectivity index is 1.66. The van der Waals surface area contributed by atoms with Crippen LogP contribution >= 0.6 is 11.8 Å². The molecule has 1 saturated carbocycles. The lowest BCUT2D eigenvalue weighted by atomic mass is 9.95. The van der Waals surface area contributed by atoms with Crippen molar-refractivity contribution in [1.82, 2.24) is 15.3 Å². The Labute approximate surface area is 156 Å². The Morgan fingerprint density at radius 3 is 2.88 bits per heavy atom. The van der Waals surface area contributed by atoms with Gasteiger partial charge < -0.3 is 9.73 Å². The van der Waals surface area contributed by atoms with E-state index in [0.717, 1.165) is 31.4 Å². The summed E-state index contributed by atoms with van der Waals surface area (Å²) in [6.45, 7) is 1.90. The van der Waals surface area contributed by atoms with Gasteiger partial charge in [-0.1, -0.05) is 19.3 Å². The number of amides is 1. The number of hydrogen-bond donors (Lipinski definition) is 1. The lowest BCUT2D eigenvalue weighted by Crippen LogP contribution is -2.36. The number of carbonyl (C=O) groups excluding carboxylic acids is 1. The van der Waals surface area contributed by atoms with Crippen molar-refractivity contribution in [2.75, 3.05) is 0 Å². The molecule has 134 valence electrons. The molecule has 0 saturated heterocycles. The summed E-state index contributed by atoms with van der Waals surface area (Å²) in [6.07, 6.45) is 8.57. The van der Waals surface area contributed by atoms with Gasteiger partial charge in [-0.05, 0) is 49.7 Å². The number of furan rings is 1. The highest BCUT2D eigenvalue weighted by molar-refractivity contribution is 7.99. The van der Waals surface area contributed by atoms with E-state index in [1.165, 1.54) is 24.3 Å². The topological polar surface area (TPSA) is 91.8 Å². The monoisotopic (exact) mass is 368 g/mol. The number of nitrogens with one attached hydrogen (secondary N) is 1. The Morgan fingerprint density at radius 2 is 2.15 bits per heavy atom. The Hall–Kier alpha value is -2.59. The molecule has 0 aromatic carbocycles. The number of hydrogen-bond acceptors (Lipinski definition) is 6. The third kappa shape index (κ3) is 4.96. The third-order valence-electron chi connectivity index (χ3n) is 4.16. The van der Waals surface area contributed by atoms with Gasteiger partial charge >= 0.3 is 0 Å². The van der Waals surface area contributed by atoms with Crippen LogP contribution in [0, 0.1) is 18.3 Å². The highest BCUT2D eigenvalue weighted by Crippen LogP contribution is 2.27. The summed E-state index contributed by atoms with van der Waals surface area (Å²) in [7, 11) is 0. The van der Waals surface area contributed by atoms with Gasteiger partial charge in [0.25, 0.3) is 5.91 Å². The molecule has 0 bridgehead atoms. The standard InChI is InChI=1S/C19H20N4O2S/c1-13-9-10-21-19(22-13)26-17-8-7-16(25-17)11-14(12-20)18(24)23-15-5-3-2-4-6-15/h7-11,15H,2-6H2,1H3,(H,23,24)/b14-11+. The summed E-state index contributed by atoms with van der Waals surface area (Å²) in [5, 5.41) is 13.5. The minimum atomic E-state index is -0.341. The second kappa shape index (κ2) is 8.68. The summed E-state index contributed by atoms with van der Waals surface area (Å²) < 4.78 is 5.68. The van der Waals surface area contributed by atoms with E-state index in [0.29, 0.717) is 16.0 Å². The minimum Gasteiger partial charge on any atom is -0.450 e. The molecular formula is C19H20N4O2S. The minimum absolute atomic E-state index is 0.0493. The van der Waals surface area contributed by atoms with Crippen LogP contribution in [0.25, 0.3) is 6.08 Å². The SMILES string of the molecule is Cc1ccnc(Sc2ccc(/C=C(\C#N)C(=O)NC3CCCCC3)o2)n1. The van der Waals surface area contributed by atoms with E-state index in [9.17, 15) is 10.1 Å². The number of aryl methyl sites for hydroxylation is 1. The van der Waals surface area contributed by atoms with Crippen LogP contribution in [0.5, 0.6) is 0 Å². The quantitative estimate of drug-likeness (QED) is 0.489. The van der Waals surface area contributed by atoms with Gasteiger partial charge in [-0.15, -0.1) is 0 Å². The Bertz CT molecular complexity index is 847. The molecule has 2 heterocycles. The highest BCUT2D eigenvalue weighted by atomic mass is 32.2. The molecule has 0 aliphatic heterocycles. The van der Waals surface area contributed by atoms with E-state index < -0.39 is 0 Å². The smallest absolute Gasteiger partial charge is 0.262 e. The van der Waals surface area contributed by atoms with Crippen LogP contribution in [0.3, 0.4) is 0 Å². The largest absolute Gasteiger partial charge is 0.450 e. The zero-order chi connectivity index (χ0) is 18.4. The van der Waals surface area contributed by atoms with Gasteiger partial charge in [0, 0.05) is 24.0 Å². The van der Waals surface area contributed by atoms with E-state index in [4.69, 9.17) is 4.42 Å². The van der Waals surface area contributed by atoms with E-state index >= 15 is 0 Å². The molecule has 1 amide bonds. The average molecular weight is 368 g/mol. The molecular weight excluding hydrogens is 348 g/mol. The maximum atomic E-state index is 12.3. The molecule has 2 aromatic rings. The van der Waals surface area contributed by atoms with Crippen molar-refractivity contribution >= 4 is 23.7 Å². The van der Waals surface area contributed by atoms with Crippen LogP contribution < -0.4 is 5.32 Å². The number of nitriles is 1. The van der Waals surface area contributed by atoms with Crippen LogP contribution in [0.15, 0.2) is 44.6 Å². The summed E-state index contributed by atoms with van der Waals surface area (Å²) in [5.74, 6) is 0.113. The zero-order valence-corrected chi connectivity index (χ0v) is 15.4. The van der Waals surface area contributed by atoms with E-state index in [2.05, 4.69) is 15.3 Å². The first-order valence-electron chi connectivity index (χ1n) is 8.64. The molecule has 1 aliphatic carbocycles. The van der Waals surface area contributed by atoms with Gasteiger partial charge in [0.05, 0.1) is 0 Å². The maximum Gasteiger partial charge on any atom is 0.262 e. The van der Waals surface area contributed by atoms with Crippen molar-refractivity contribution in [3.05, 3.63) is 41.4 Å². The number of carbonyl (C=O) groups is 1. The lowest BCUT2D eigenvalue weighted by molar-refractivity contribution is -0.117. The molecule has 0 spiro atoms. The molecule has 1 N–H and O–H groups in total. The lowest BCUT2D eigenvalue weighted by Gasteiger charge is -2.22. The van der Waals surface area contributed by atoms with Crippen molar-refractivity contribution in [2.45, 2.75) is 55.3 Å². The fourth-order valence-electron chi connectivity index (χ4n) is 2.83. The second-order valence-corrected chi connectivity index (χ2v) is 7.19. The highest BCUT2D eigenvalue weighted by Gasteiger charge is 2.18. The molecule has 2 aromatic heterocycles. The average Bonchev–Trinajstić information content (AvgIpc) is 3.07. The molecule has 0 atom stereocenters. The summed E-state index contributed by atoms with van der Waals surface area (Å²) >= 11 is 1.29. The fraction of sp³-hybridized carbons (Fsp3) is 0.368. The van der Waals surface area contributed by atoms with Crippen LogP contribution in [0.4, 0.5) is 0 Å². The van der Waals surface area contributed by atoms with Crippen LogP contribution in [-0.4, -0.2) is 21.9 Å². The summed E-state index contributed by atoms with van der Waals surface area (Å²) in [4.78, 5) is 20.8. The molecule has 7 heteroatoms. The molecule has 1 fully saturated rings. The fourth-order valence-corrected chi connectivity index (χ4v) is 3.59. The van der Waals surface area contributed by atoms with Crippen LogP contribution in [0.2, 0.25) is 0 Å². The first-order valence-corrected chi connectivity index (χ1v) is 9.45. The van der Waals surface area contributed by atoms with Crippen molar-refractivity contribution in [2.24, 2.45) is 0 Å². The summed E-state index contributed by atoms with van der Waals surface area (Å²) in [6, 6.07) is 7.45. The normalized spacial score (nSPS) is 15.5. The first kappa shape index (κ1) is 18.2. The Kier molecular flexibility index (Phi) is 6.08. The molecule has 0 radical (unpaired) electrons. The van der Waals surface area contributed by atoms with Gasteiger partial charge in [0.1, 0.15) is 17.4 Å². The van der Waals surface area contributed by atoms with Crippen molar-refractivity contribution < 1.29 is 9.21 Å². The number of aromatic nitrogens is 2. The van der Waals surface area contributed by atoms with Crippen molar-refractivity contribution in [3.63, 3.8) is 0 Å². The van der Waals surface area contributed by atoms with Gasteiger partial charge in [0.2, 0.25) is 0 Å². The Morgan fingerprint density at radius 1 is 1.35 bits per heavy atom. The first-order chi connectivity index (χ1) is 12.6. The molecule has 6 nitrogen and oxygen atoms in total. The van der Waals surface area contributed by atoms with Gasteiger partial charge in [-0.2, -0.15) is 5.26 Å². The second-order valence-electron chi connectivity index (χ2n) is 6.22. The molecule has 26 heavy (non-hydrogen) atoms. The van der Waals surface area contributed by atoms with Crippen LogP contribution in [0.1, 0.15) is 43.6 Å². The number of rotatable bonds is 5. The van der Waals surface area contributed by atoms with Gasteiger partial charge in [0.15, 0.2) is 10.2 Å². The third-order valence-corrected chi connectivity index (χ3v) is 4.96. The zero-order valence-electron chi connectivity index (χ0n) is 14.6. The van der Waals surface area contributed by atoms with Gasteiger partial charge in [-0.3, -0.25) is 4.79 Å². The summed E-state index contributed by atoms with van der Waals surface area (Å²) in [5.41, 5.74) is 0.925.